The predicted molar refractivity (Wildman–Crippen MR) is 77.5 cm³/mol. The molecule has 2 rings (SSSR count). The Morgan fingerprint density at radius 3 is 2.78 bits per heavy atom. The smallest absolute Gasteiger partial charge is 0.0535 e. The molecule has 0 spiro atoms. The van der Waals surface area contributed by atoms with Gasteiger partial charge in [0, 0.05) is 16.7 Å². The molecule has 0 saturated carbocycles. The maximum Gasteiger partial charge on any atom is 0.0535 e. The zero-order valence-electron chi connectivity index (χ0n) is 11.6. The Kier molecular flexibility index (Phi) is 4.57. The molecular formula is C15H23NOS. The van der Waals surface area contributed by atoms with Crippen LogP contribution in [0.1, 0.15) is 48.9 Å². The molecule has 0 radical (unpaired) electrons. The molecular weight excluding hydrogens is 242 g/mol. The highest BCUT2D eigenvalue weighted by Gasteiger charge is 2.25. The Morgan fingerprint density at radius 2 is 2.06 bits per heavy atom. The number of fused-ring (bicyclic) bond motifs is 1. The van der Waals surface area contributed by atoms with Gasteiger partial charge in [0.1, 0.15) is 0 Å². The van der Waals surface area contributed by atoms with Crippen molar-refractivity contribution < 1.29 is 4.21 Å². The fourth-order valence-electron chi connectivity index (χ4n) is 2.73. The van der Waals surface area contributed by atoms with Gasteiger partial charge in [0.2, 0.25) is 0 Å². The molecule has 1 aromatic carbocycles. The molecule has 1 heterocycles. The number of aryl methyl sites for hydroxylation is 2. The number of hydrogen-bond acceptors (Lipinski definition) is 2. The van der Waals surface area contributed by atoms with Crippen LogP contribution in [0.2, 0.25) is 0 Å². The minimum absolute atomic E-state index is 0.381. The Labute approximate surface area is 113 Å². The second-order valence-corrected chi connectivity index (χ2v) is 6.65. The van der Waals surface area contributed by atoms with E-state index < -0.39 is 10.8 Å². The van der Waals surface area contributed by atoms with E-state index in [0.29, 0.717) is 6.04 Å². The van der Waals surface area contributed by atoms with Crippen LogP contribution in [0.25, 0.3) is 0 Å². The van der Waals surface area contributed by atoms with E-state index in [1.54, 1.807) is 0 Å². The van der Waals surface area contributed by atoms with Gasteiger partial charge in [-0.3, -0.25) is 4.21 Å². The van der Waals surface area contributed by atoms with Gasteiger partial charge in [0.15, 0.2) is 0 Å². The summed E-state index contributed by atoms with van der Waals surface area (Å²) in [6, 6.07) is 4.65. The summed E-state index contributed by atoms with van der Waals surface area (Å²) in [6.45, 7) is 7.44. The summed E-state index contributed by atoms with van der Waals surface area (Å²) in [5, 5.41) is 3.62. The normalized spacial score (nSPS) is 23.5. The third-order valence-corrected chi connectivity index (χ3v) is 5.31. The molecule has 0 fully saturated rings. The summed E-state index contributed by atoms with van der Waals surface area (Å²) in [7, 11) is -0.821. The summed E-state index contributed by atoms with van der Waals surface area (Å²) < 4.78 is 12.4. The van der Waals surface area contributed by atoms with Crippen molar-refractivity contribution in [3.05, 3.63) is 28.8 Å². The van der Waals surface area contributed by atoms with Crippen LogP contribution in [0.4, 0.5) is 0 Å². The van der Waals surface area contributed by atoms with Crippen LogP contribution in [-0.2, 0) is 10.8 Å². The van der Waals surface area contributed by atoms with Crippen molar-refractivity contribution in [2.24, 2.45) is 0 Å². The summed E-state index contributed by atoms with van der Waals surface area (Å²) in [6.07, 6.45) is 3.28. The molecule has 0 saturated heterocycles. The molecule has 2 unspecified atom stereocenters. The maximum atomic E-state index is 12.4. The first-order valence-electron chi connectivity index (χ1n) is 6.87. The predicted octanol–water partition coefficient (Wildman–Crippen LogP) is 3.25. The number of hydrogen-bond donors (Lipinski definition) is 1. The van der Waals surface area contributed by atoms with Gasteiger partial charge in [-0.2, -0.15) is 0 Å². The van der Waals surface area contributed by atoms with Crippen LogP contribution in [0.5, 0.6) is 0 Å². The van der Waals surface area contributed by atoms with Crippen LogP contribution in [0, 0.1) is 13.8 Å². The van der Waals surface area contributed by atoms with Crippen molar-refractivity contribution in [1.29, 1.82) is 0 Å². The van der Waals surface area contributed by atoms with Crippen molar-refractivity contribution in [2.75, 3.05) is 12.3 Å². The first kappa shape index (κ1) is 13.8. The van der Waals surface area contributed by atoms with Crippen LogP contribution < -0.4 is 5.32 Å². The fraction of sp³-hybridized carbons (Fsp3) is 0.600. The monoisotopic (exact) mass is 265 g/mol. The molecule has 3 heteroatoms. The van der Waals surface area contributed by atoms with Gasteiger partial charge < -0.3 is 5.32 Å². The van der Waals surface area contributed by atoms with Gasteiger partial charge in [-0.25, -0.2) is 0 Å². The standard InChI is InChI=1S/C15H23NOS/c1-4-9-16-13-6-5-10-18(17)15-12(3)8-7-11(2)14(13)15/h7-8,13,16H,4-6,9-10H2,1-3H3. The van der Waals surface area contributed by atoms with Crippen molar-refractivity contribution >= 4 is 10.8 Å². The van der Waals surface area contributed by atoms with Crippen LogP contribution in [0.15, 0.2) is 17.0 Å². The highest BCUT2D eigenvalue weighted by molar-refractivity contribution is 7.85. The lowest BCUT2D eigenvalue weighted by atomic mass is 9.95. The molecule has 0 amide bonds. The number of benzene rings is 1. The Bertz CT molecular complexity index is 456. The minimum Gasteiger partial charge on any atom is -0.310 e. The molecule has 100 valence electrons. The number of rotatable bonds is 3. The van der Waals surface area contributed by atoms with E-state index in [1.807, 2.05) is 0 Å². The minimum atomic E-state index is -0.821. The molecule has 0 aromatic heterocycles. The van der Waals surface area contributed by atoms with Gasteiger partial charge in [0.25, 0.3) is 0 Å². The zero-order valence-corrected chi connectivity index (χ0v) is 12.4. The molecule has 18 heavy (non-hydrogen) atoms. The van der Waals surface area contributed by atoms with Crippen molar-refractivity contribution in [2.45, 2.75) is 51.0 Å². The SMILES string of the molecule is CCCNC1CCCS(=O)c2c(C)ccc(C)c21. The first-order valence-corrected chi connectivity index (χ1v) is 8.19. The molecule has 0 aliphatic carbocycles. The number of nitrogens with one attached hydrogen (secondary N) is 1. The van der Waals surface area contributed by atoms with Gasteiger partial charge in [-0.15, -0.1) is 0 Å². The highest BCUT2D eigenvalue weighted by atomic mass is 32.2. The molecule has 1 aliphatic heterocycles. The highest BCUT2D eigenvalue weighted by Crippen LogP contribution is 2.33. The summed E-state index contributed by atoms with van der Waals surface area (Å²) in [5.74, 6) is 0.807. The van der Waals surface area contributed by atoms with Gasteiger partial charge in [-0.1, -0.05) is 19.1 Å². The molecule has 1 aromatic rings. The van der Waals surface area contributed by atoms with Gasteiger partial charge in [0.05, 0.1) is 10.8 Å². The zero-order chi connectivity index (χ0) is 13.1. The molecule has 2 nitrogen and oxygen atoms in total. The summed E-state index contributed by atoms with van der Waals surface area (Å²) >= 11 is 0. The van der Waals surface area contributed by atoms with E-state index in [9.17, 15) is 4.21 Å². The van der Waals surface area contributed by atoms with Crippen molar-refractivity contribution in [3.8, 4) is 0 Å². The van der Waals surface area contributed by atoms with Crippen molar-refractivity contribution in [1.82, 2.24) is 5.32 Å². The lowest BCUT2D eigenvalue weighted by molar-refractivity contribution is 0.491. The van der Waals surface area contributed by atoms with E-state index in [-0.39, 0.29) is 0 Å². The largest absolute Gasteiger partial charge is 0.310 e. The van der Waals surface area contributed by atoms with Crippen LogP contribution in [0.3, 0.4) is 0 Å². The van der Waals surface area contributed by atoms with E-state index >= 15 is 0 Å². The molecule has 0 bridgehead atoms. The van der Waals surface area contributed by atoms with Crippen molar-refractivity contribution in [3.63, 3.8) is 0 Å². The summed E-state index contributed by atoms with van der Waals surface area (Å²) in [5.41, 5.74) is 3.76. The van der Waals surface area contributed by atoms with Gasteiger partial charge in [-0.05, 0) is 56.3 Å². The lowest BCUT2D eigenvalue weighted by Gasteiger charge is -2.22. The molecule has 1 N–H and O–H groups in total. The Morgan fingerprint density at radius 1 is 1.33 bits per heavy atom. The second-order valence-electron chi connectivity index (χ2n) is 5.14. The van der Waals surface area contributed by atoms with E-state index in [4.69, 9.17) is 0 Å². The Hall–Kier alpha value is -0.670. The van der Waals surface area contributed by atoms with Crippen LogP contribution in [-0.4, -0.2) is 16.5 Å². The summed E-state index contributed by atoms with van der Waals surface area (Å²) in [4.78, 5) is 1.10. The molecule has 2 atom stereocenters. The third kappa shape index (κ3) is 2.67. The second kappa shape index (κ2) is 5.98. The van der Waals surface area contributed by atoms with Gasteiger partial charge >= 0.3 is 0 Å². The Balaban J connectivity index is 2.47. The quantitative estimate of drug-likeness (QED) is 0.909. The first-order chi connectivity index (χ1) is 8.65. The van der Waals surface area contributed by atoms with E-state index in [1.165, 1.54) is 16.7 Å². The lowest BCUT2D eigenvalue weighted by Crippen LogP contribution is -2.23. The fourth-order valence-corrected chi connectivity index (χ4v) is 4.34. The van der Waals surface area contributed by atoms with Crippen LogP contribution >= 0.6 is 0 Å². The third-order valence-electron chi connectivity index (χ3n) is 3.65. The average Bonchev–Trinajstić information content (AvgIpc) is 2.52. The average molecular weight is 265 g/mol. The van der Waals surface area contributed by atoms with E-state index in [0.717, 1.165) is 36.5 Å². The van der Waals surface area contributed by atoms with E-state index in [2.05, 4.69) is 38.2 Å². The maximum absolute atomic E-state index is 12.4. The topological polar surface area (TPSA) is 29.1 Å². The molecule has 1 aliphatic rings.